The van der Waals surface area contributed by atoms with E-state index in [4.69, 9.17) is 14.2 Å². The van der Waals surface area contributed by atoms with Crippen LogP contribution < -0.4 is 24.7 Å². The van der Waals surface area contributed by atoms with E-state index in [9.17, 15) is 4.79 Å². The fourth-order valence-corrected chi connectivity index (χ4v) is 6.39. The van der Waals surface area contributed by atoms with Crippen molar-refractivity contribution >= 4 is 16.6 Å². The van der Waals surface area contributed by atoms with Crippen LogP contribution in [-0.2, 0) is 0 Å². The number of H-pyrrole nitrogens is 1. The van der Waals surface area contributed by atoms with Crippen molar-refractivity contribution in [1.82, 2.24) is 30.1 Å². The zero-order chi connectivity index (χ0) is 27.1. The summed E-state index contributed by atoms with van der Waals surface area (Å²) in [7, 11) is 1.70. The number of benzene rings is 2. The molecule has 1 atom stereocenters. The summed E-state index contributed by atoms with van der Waals surface area (Å²) < 4.78 is 18.8. The Labute approximate surface area is 231 Å². The van der Waals surface area contributed by atoms with Crippen molar-refractivity contribution in [2.45, 2.75) is 44.2 Å². The van der Waals surface area contributed by atoms with Gasteiger partial charge in [-0.05, 0) is 47.5 Å². The first-order chi connectivity index (χ1) is 19.7. The highest BCUT2D eigenvalue weighted by atomic mass is 16.7. The van der Waals surface area contributed by atoms with Crippen LogP contribution in [-0.4, -0.2) is 70.2 Å². The minimum absolute atomic E-state index is 0.151. The maximum absolute atomic E-state index is 13.7. The second-order valence-electron chi connectivity index (χ2n) is 10.7. The largest absolute Gasteiger partial charge is 0.495 e. The van der Waals surface area contributed by atoms with Crippen LogP contribution in [0.15, 0.2) is 47.3 Å². The Kier molecular flexibility index (Phi) is 6.51. The van der Waals surface area contributed by atoms with Crippen molar-refractivity contribution in [2.75, 3.05) is 45.0 Å². The number of nitrogens with one attached hydrogen (secondary N) is 1. The standard InChI is InChI=1S/C29H33N7O4/c1-38-24-10-6-5-9-23(24)34-11-13-35(14-12-34)27(28-31-32-33-36(28)20-7-3-2-4-8-20)21-15-19-16-25-26(40-18-39-25)17-22(19)30-29(21)37/h5-6,9-10,15-17,20,27H,2-4,7-8,11-14,18H2,1H3,(H,30,37). The molecule has 3 aliphatic rings. The number of piperazine rings is 1. The molecule has 2 aromatic carbocycles. The van der Waals surface area contributed by atoms with Gasteiger partial charge in [-0.1, -0.05) is 31.4 Å². The van der Waals surface area contributed by atoms with E-state index in [1.165, 1.54) is 6.42 Å². The molecule has 208 valence electrons. The number of hydrogen-bond acceptors (Lipinski definition) is 9. The monoisotopic (exact) mass is 543 g/mol. The van der Waals surface area contributed by atoms with Crippen LogP contribution in [0.25, 0.3) is 10.9 Å². The van der Waals surface area contributed by atoms with Gasteiger partial charge in [-0.25, -0.2) is 4.68 Å². The molecule has 0 spiro atoms. The van der Waals surface area contributed by atoms with Gasteiger partial charge in [0.05, 0.1) is 24.4 Å². The number of nitrogens with zero attached hydrogens (tertiary/aromatic N) is 6. The van der Waals surface area contributed by atoms with Gasteiger partial charge in [0.2, 0.25) is 6.79 Å². The molecule has 11 heteroatoms. The summed E-state index contributed by atoms with van der Waals surface area (Å²) in [5.74, 6) is 2.90. The van der Waals surface area contributed by atoms with Gasteiger partial charge in [0, 0.05) is 43.2 Å². The van der Waals surface area contributed by atoms with Crippen molar-refractivity contribution in [3.8, 4) is 17.2 Å². The van der Waals surface area contributed by atoms with Gasteiger partial charge in [0.25, 0.3) is 5.56 Å². The minimum atomic E-state index is -0.393. The molecule has 11 nitrogen and oxygen atoms in total. The summed E-state index contributed by atoms with van der Waals surface area (Å²) in [6.45, 7) is 3.22. The van der Waals surface area contributed by atoms with Crippen molar-refractivity contribution in [3.63, 3.8) is 0 Å². The molecule has 2 aromatic heterocycles. The average molecular weight is 544 g/mol. The summed E-state index contributed by atoms with van der Waals surface area (Å²) >= 11 is 0. The Bertz CT molecular complexity index is 1570. The number of anilines is 1. The van der Waals surface area contributed by atoms with Crippen molar-refractivity contribution in [3.05, 3.63) is 64.2 Å². The number of hydrogen-bond donors (Lipinski definition) is 1. The molecule has 0 amide bonds. The summed E-state index contributed by atoms with van der Waals surface area (Å²) in [5, 5.41) is 14.0. The number of ether oxygens (including phenoxy) is 3. The van der Waals surface area contributed by atoms with Gasteiger partial charge in [-0.3, -0.25) is 9.69 Å². The predicted molar refractivity (Wildman–Crippen MR) is 149 cm³/mol. The summed E-state index contributed by atoms with van der Waals surface area (Å²) in [6.07, 6.45) is 5.66. The minimum Gasteiger partial charge on any atom is -0.495 e. The SMILES string of the molecule is COc1ccccc1N1CCN(C(c2cc3cc4c(cc3[nH]c2=O)OCO4)c2nnnn2C2CCCCC2)CC1. The van der Waals surface area contributed by atoms with E-state index in [1.54, 1.807) is 7.11 Å². The molecule has 1 saturated heterocycles. The third-order valence-corrected chi connectivity index (χ3v) is 8.45. The Morgan fingerprint density at radius 1 is 1.00 bits per heavy atom. The van der Waals surface area contributed by atoms with Crippen molar-refractivity contribution < 1.29 is 14.2 Å². The van der Waals surface area contributed by atoms with Gasteiger partial charge >= 0.3 is 0 Å². The Morgan fingerprint density at radius 3 is 2.58 bits per heavy atom. The van der Waals surface area contributed by atoms with Crippen LogP contribution in [0, 0.1) is 0 Å². The smallest absolute Gasteiger partial charge is 0.253 e. The molecule has 1 unspecified atom stereocenters. The molecule has 1 N–H and O–H groups in total. The molecule has 1 aliphatic carbocycles. The lowest BCUT2D eigenvalue weighted by Crippen LogP contribution is -2.49. The lowest BCUT2D eigenvalue weighted by atomic mass is 9.95. The highest BCUT2D eigenvalue weighted by Gasteiger charge is 2.35. The number of aromatic amines is 1. The number of pyridine rings is 1. The highest BCUT2D eigenvalue weighted by molar-refractivity contribution is 5.83. The number of rotatable bonds is 6. The molecule has 40 heavy (non-hydrogen) atoms. The predicted octanol–water partition coefficient (Wildman–Crippen LogP) is 3.67. The fourth-order valence-electron chi connectivity index (χ4n) is 6.39. The zero-order valence-electron chi connectivity index (χ0n) is 22.6. The van der Waals surface area contributed by atoms with Crippen LogP contribution >= 0.6 is 0 Å². The maximum atomic E-state index is 13.7. The molecular weight excluding hydrogens is 510 g/mol. The zero-order valence-corrected chi connectivity index (χ0v) is 22.6. The molecule has 0 bridgehead atoms. The van der Waals surface area contributed by atoms with Gasteiger partial charge < -0.3 is 24.1 Å². The van der Waals surface area contributed by atoms with Crippen LogP contribution in [0.2, 0.25) is 0 Å². The molecule has 0 radical (unpaired) electrons. The summed E-state index contributed by atoms with van der Waals surface area (Å²) in [5.41, 5.74) is 2.27. The van der Waals surface area contributed by atoms with Crippen molar-refractivity contribution in [2.24, 2.45) is 0 Å². The first-order valence-corrected chi connectivity index (χ1v) is 14.1. The lowest BCUT2D eigenvalue weighted by Gasteiger charge is -2.40. The van der Waals surface area contributed by atoms with Crippen LogP contribution in [0.1, 0.15) is 55.6 Å². The van der Waals surface area contributed by atoms with Crippen LogP contribution in [0.4, 0.5) is 5.69 Å². The van der Waals surface area contributed by atoms with E-state index in [1.807, 2.05) is 41.1 Å². The van der Waals surface area contributed by atoms with Gasteiger partial charge in [-0.15, -0.1) is 5.10 Å². The van der Waals surface area contributed by atoms with Gasteiger partial charge in [0.15, 0.2) is 17.3 Å². The molecule has 2 fully saturated rings. The lowest BCUT2D eigenvalue weighted by molar-refractivity contribution is 0.174. The van der Waals surface area contributed by atoms with E-state index >= 15 is 0 Å². The number of fused-ring (bicyclic) bond motifs is 2. The Morgan fingerprint density at radius 2 is 1.77 bits per heavy atom. The third kappa shape index (κ3) is 4.43. The highest BCUT2D eigenvalue weighted by Crippen LogP contribution is 2.38. The Balaban J connectivity index is 1.27. The van der Waals surface area contributed by atoms with E-state index < -0.39 is 6.04 Å². The average Bonchev–Trinajstić information content (AvgIpc) is 3.67. The summed E-state index contributed by atoms with van der Waals surface area (Å²) in [4.78, 5) is 21.5. The molecule has 4 heterocycles. The molecule has 1 saturated carbocycles. The first kappa shape index (κ1) is 24.9. The maximum Gasteiger partial charge on any atom is 0.253 e. The second kappa shape index (κ2) is 10.5. The molecular formula is C29H33N7O4. The topological polar surface area (TPSA) is 111 Å². The van der Waals surface area contributed by atoms with E-state index in [0.717, 1.165) is 74.5 Å². The van der Waals surface area contributed by atoms with Crippen LogP contribution in [0.5, 0.6) is 17.2 Å². The number of para-hydroxylation sites is 2. The molecule has 2 aliphatic heterocycles. The second-order valence-corrected chi connectivity index (χ2v) is 10.7. The van der Waals surface area contributed by atoms with E-state index in [2.05, 4.69) is 36.4 Å². The van der Waals surface area contributed by atoms with Crippen LogP contribution in [0.3, 0.4) is 0 Å². The van der Waals surface area contributed by atoms with E-state index in [0.29, 0.717) is 22.6 Å². The molecule has 7 rings (SSSR count). The number of tetrazole rings is 1. The molecule has 4 aromatic rings. The Hall–Kier alpha value is -4.12. The van der Waals surface area contributed by atoms with Gasteiger partial charge in [-0.2, -0.15) is 0 Å². The van der Waals surface area contributed by atoms with Gasteiger partial charge in [0.1, 0.15) is 11.8 Å². The quantitative estimate of drug-likeness (QED) is 0.389. The third-order valence-electron chi connectivity index (χ3n) is 8.45. The number of methoxy groups -OCH3 is 1. The number of aromatic nitrogens is 5. The van der Waals surface area contributed by atoms with E-state index in [-0.39, 0.29) is 18.4 Å². The van der Waals surface area contributed by atoms with Crippen molar-refractivity contribution in [1.29, 1.82) is 0 Å². The summed E-state index contributed by atoms with van der Waals surface area (Å²) in [6, 6.07) is 13.7. The first-order valence-electron chi connectivity index (χ1n) is 14.1. The fraction of sp³-hybridized carbons (Fsp3) is 0.448. The normalized spacial score (nSPS) is 18.8.